The fourth-order valence-electron chi connectivity index (χ4n) is 4.09. The Kier molecular flexibility index (Phi) is 4.12. The average Bonchev–Trinajstić information content (AvgIpc) is 3.31. The van der Waals surface area contributed by atoms with Crippen LogP contribution in [0.1, 0.15) is 33.6 Å². The monoisotopic (exact) mass is 387 g/mol. The van der Waals surface area contributed by atoms with E-state index >= 15 is 0 Å². The Morgan fingerprint density at radius 3 is 2.83 bits per heavy atom. The van der Waals surface area contributed by atoms with Crippen LogP contribution in [0.15, 0.2) is 48.8 Å². The van der Waals surface area contributed by atoms with E-state index in [4.69, 9.17) is 0 Å². The van der Waals surface area contributed by atoms with Crippen LogP contribution in [0.4, 0.5) is 0 Å². The number of benzene rings is 1. The molecular weight excluding hydrogens is 366 g/mol. The lowest BCUT2D eigenvalue weighted by atomic mass is 10.0. The van der Waals surface area contributed by atoms with Gasteiger partial charge in [0.2, 0.25) is 0 Å². The van der Waals surface area contributed by atoms with E-state index in [0.29, 0.717) is 18.7 Å². The number of carbonyl (C=O) groups is 1. The van der Waals surface area contributed by atoms with Gasteiger partial charge >= 0.3 is 0 Å². The highest BCUT2D eigenvalue weighted by molar-refractivity contribution is 5.96. The quantitative estimate of drug-likeness (QED) is 0.539. The first-order valence-electron chi connectivity index (χ1n) is 9.61. The number of hydrogen-bond donors (Lipinski definition) is 0. The van der Waals surface area contributed by atoms with E-state index in [0.717, 1.165) is 29.1 Å². The number of fused-ring (bicyclic) bond motifs is 2. The second-order valence-electron chi connectivity index (χ2n) is 7.46. The summed E-state index contributed by atoms with van der Waals surface area (Å²) in [7, 11) is 1.85. The van der Waals surface area contributed by atoms with Crippen molar-refractivity contribution >= 4 is 16.9 Å². The standard InChI is InChI=1S/C21H21N7O/c1-14-24-25-20-13-27(12-17(28(14)20)8-15-6-4-3-5-7-15)21(29)16-9-19-18(22-10-16)11-23-26(19)2/h3-7,9-11,17H,8,12-13H2,1-2H3/t17-/m1/s1. The number of aromatic nitrogens is 6. The van der Waals surface area contributed by atoms with E-state index < -0.39 is 0 Å². The fraction of sp³-hybridized carbons (Fsp3) is 0.286. The molecule has 146 valence electrons. The van der Waals surface area contributed by atoms with E-state index in [9.17, 15) is 4.79 Å². The molecule has 1 atom stereocenters. The van der Waals surface area contributed by atoms with E-state index in [1.165, 1.54) is 5.56 Å². The summed E-state index contributed by atoms with van der Waals surface area (Å²) in [4.78, 5) is 19.5. The Bertz CT molecular complexity index is 1190. The molecule has 0 N–H and O–H groups in total. The number of amides is 1. The van der Waals surface area contributed by atoms with Crippen LogP contribution in [-0.2, 0) is 20.0 Å². The molecule has 8 heteroatoms. The van der Waals surface area contributed by atoms with Crippen LogP contribution in [0.3, 0.4) is 0 Å². The third kappa shape index (κ3) is 3.06. The summed E-state index contributed by atoms with van der Waals surface area (Å²) in [6, 6.07) is 12.3. The van der Waals surface area contributed by atoms with E-state index in [1.807, 2.05) is 43.1 Å². The number of carbonyl (C=O) groups excluding carboxylic acids is 1. The minimum atomic E-state index is -0.0504. The first kappa shape index (κ1) is 17.5. The Morgan fingerprint density at radius 2 is 2.00 bits per heavy atom. The summed E-state index contributed by atoms with van der Waals surface area (Å²) < 4.78 is 3.90. The molecule has 29 heavy (non-hydrogen) atoms. The number of rotatable bonds is 3. The van der Waals surface area contributed by atoms with E-state index in [1.54, 1.807) is 17.1 Å². The second-order valence-corrected chi connectivity index (χ2v) is 7.46. The first-order chi connectivity index (χ1) is 14.1. The van der Waals surface area contributed by atoms with E-state index in [2.05, 4.69) is 37.0 Å². The average molecular weight is 387 g/mol. The van der Waals surface area contributed by atoms with Crippen LogP contribution in [0, 0.1) is 6.92 Å². The van der Waals surface area contributed by atoms with Crippen molar-refractivity contribution < 1.29 is 4.79 Å². The summed E-state index contributed by atoms with van der Waals surface area (Å²) >= 11 is 0. The minimum Gasteiger partial charge on any atom is -0.329 e. The van der Waals surface area contributed by atoms with Gasteiger partial charge in [-0.15, -0.1) is 10.2 Å². The van der Waals surface area contributed by atoms with E-state index in [-0.39, 0.29) is 11.9 Å². The van der Waals surface area contributed by atoms with Crippen LogP contribution in [0.5, 0.6) is 0 Å². The van der Waals surface area contributed by atoms with Gasteiger partial charge in [-0.1, -0.05) is 30.3 Å². The molecule has 0 saturated carbocycles. The van der Waals surface area contributed by atoms with Gasteiger partial charge in [0.25, 0.3) is 5.91 Å². The van der Waals surface area contributed by atoms with Gasteiger partial charge in [0.05, 0.1) is 29.9 Å². The Labute approximate surface area is 167 Å². The van der Waals surface area contributed by atoms with Gasteiger partial charge in [-0.3, -0.25) is 14.5 Å². The maximum absolute atomic E-state index is 13.3. The van der Waals surface area contributed by atoms with Crippen molar-refractivity contribution in [2.75, 3.05) is 6.54 Å². The van der Waals surface area contributed by atoms with Crippen molar-refractivity contribution in [1.29, 1.82) is 0 Å². The Hall–Kier alpha value is -3.55. The van der Waals surface area contributed by atoms with Crippen LogP contribution >= 0.6 is 0 Å². The molecule has 4 aromatic rings. The van der Waals surface area contributed by atoms with Gasteiger partial charge in [-0.25, -0.2) is 0 Å². The van der Waals surface area contributed by atoms with Gasteiger partial charge in [-0.05, 0) is 25.0 Å². The lowest BCUT2D eigenvalue weighted by molar-refractivity contribution is 0.0672. The molecule has 1 aliphatic rings. The molecule has 0 bridgehead atoms. The summed E-state index contributed by atoms with van der Waals surface area (Å²) in [5.74, 6) is 1.65. The molecule has 1 amide bonds. The number of aryl methyl sites for hydroxylation is 2. The minimum absolute atomic E-state index is 0.0504. The van der Waals surface area contributed by atoms with Crippen molar-refractivity contribution in [2.24, 2.45) is 7.05 Å². The van der Waals surface area contributed by atoms with Gasteiger partial charge in [0, 0.05) is 19.8 Å². The summed E-state index contributed by atoms with van der Waals surface area (Å²) in [5, 5.41) is 12.8. The van der Waals surface area contributed by atoms with Crippen LogP contribution in [0.25, 0.3) is 11.0 Å². The molecule has 1 aromatic carbocycles. The zero-order valence-electron chi connectivity index (χ0n) is 16.4. The van der Waals surface area contributed by atoms with Crippen molar-refractivity contribution in [3.05, 3.63) is 71.6 Å². The highest BCUT2D eigenvalue weighted by Crippen LogP contribution is 2.26. The Morgan fingerprint density at radius 1 is 1.17 bits per heavy atom. The summed E-state index contributed by atoms with van der Waals surface area (Å²) in [5.41, 5.74) is 3.40. The predicted octanol–water partition coefficient (Wildman–Crippen LogP) is 2.31. The van der Waals surface area contributed by atoms with Crippen molar-refractivity contribution in [2.45, 2.75) is 25.9 Å². The molecule has 0 aliphatic carbocycles. The molecule has 0 unspecified atom stereocenters. The largest absolute Gasteiger partial charge is 0.329 e. The maximum atomic E-state index is 13.3. The number of pyridine rings is 1. The maximum Gasteiger partial charge on any atom is 0.255 e. The van der Waals surface area contributed by atoms with Crippen molar-refractivity contribution in [3.8, 4) is 0 Å². The fourth-order valence-corrected chi connectivity index (χ4v) is 4.09. The molecule has 4 heterocycles. The van der Waals surface area contributed by atoms with Crippen molar-refractivity contribution in [1.82, 2.24) is 34.4 Å². The van der Waals surface area contributed by atoms with Gasteiger partial charge in [-0.2, -0.15) is 5.10 Å². The molecule has 0 spiro atoms. The molecule has 0 radical (unpaired) electrons. The van der Waals surface area contributed by atoms with Gasteiger partial charge in [0.1, 0.15) is 11.3 Å². The van der Waals surface area contributed by atoms with Crippen molar-refractivity contribution in [3.63, 3.8) is 0 Å². The van der Waals surface area contributed by atoms with Crippen LogP contribution in [-0.4, -0.2) is 46.9 Å². The Balaban J connectivity index is 1.47. The third-order valence-electron chi connectivity index (χ3n) is 5.51. The smallest absolute Gasteiger partial charge is 0.255 e. The second kappa shape index (κ2) is 6.80. The molecule has 1 aliphatic heterocycles. The lowest BCUT2D eigenvalue weighted by Gasteiger charge is -2.34. The molecule has 5 rings (SSSR count). The predicted molar refractivity (Wildman–Crippen MR) is 107 cm³/mol. The normalized spacial score (nSPS) is 16.2. The molecule has 0 saturated heterocycles. The number of nitrogens with zero attached hydrogens (tertiary/aromatic N) is 7. The molecule has 0 fully saturated rings. The molecular formula is C21H21N7O. The third-order valence-corrected chi connectivity index (χ3v) is 5.51. The van der Waals surface area contributed by atoms with Gasteiger partial charge < -0.3 is 9.47 Å². The molecule has 8 nitrogen and oxygen atoms in total. The zero-order chi connectivity index (χ0) is 20.0. The molecule has 3 aromatic heterocycles. The highest BCUT2D eigenvalue weighted by atomic mass is 16.2. The number of hydrogen-bond acceptors (Lipinski definition) is 5. The van der Waals surface area contributed by atoms with Crippen LogP contribution < -0.4 is 0 Å². The SMILES string of the molecule is Cc1nnc2n1[C@H](Cc1ccccc1)CN(C(=O)c1cnc3cnn(C)c3c1)C2. The summed E-state index contributed by atoms with van der Waals surface area (Å²) in [6.45, 7) is 3.00. The summed E-state index contributed by atoms with van der Waals surface area (Å²) in [6.07, 6.45) is 4.14. The van der Waals surface area contributed by atoms with Crippen LogP contribution in [0.2, 0.25) is 0 Å². The lowest BCUT2D eigenvalue weighted by Crippen LogP contribution is -2.42. The highest BCUT2D eigenvalue weighted by Gasteiger charge is 2.31. The topological polar surface area (TPSA) is 81.7 Å². The zero-order valence-corrected chi connectivity index (χ0v) is 16.4. The first-order valence-corrected chi connectivity index (χ1v) is 9.61. The van der Waals surface area contributed by atoms with Gasteiger partial charge in [0.15, 0.2) is 5.82 Å².